The van der Waals surface area contributed by atoms with Crippen LogP contribution >= 0.6 is 0 Å². The van der Waals surface area contributed by atoms with E-state index in [1.807, 2.05) is 0 Å². The Hall–Kier alpha value is -2.11. The van der Waals surface area contributed by atoms with Crippen LogP contribution in [-0.4, -0.2) is 46.1 Å². The molecular weight excluding hydrogens is 246 g/mol. The molecule has 1 rings (SSSR count). The molecule has 0 saturated heterocycles. The minimum Gasteiger partial charge on any atom is -0.480 e. The number of aromatic nitrogens is 1. The van der Waals surface area contributed by atoms with Crippen LogP contribution in [0.2, 0.25) is 0 Å². The zero-order valence-corrected chi connectivity index (χ0v) is 11.6. The highest BCUT2D eigenvalue weighted by atomic mass is 16.4. The van der Waals surface area contributed by atoms with Crippen LogP contribution in [0.1, 0.15) is 20.8 Å². The van der Waals surface area contributed by atoms with Crippen molar-refractivity contribution in [1.29, 1.82) is 0 Å². The number of hydrogen-bond donors (Lipinski definition) is 1. The minimum atomic E-state index is -1.26. The Morgan fingerprint density at radius 1 is 1.42 bits per heavy atom. The van der Waals surface area contributed by atoms with Crippen molar-refractivity contribution in [3.63, 3.8) is 0 Å². The summed E-state index contributed by atoms with van der Waals surface area (Å²) in [6.45, 7) is 5.07. The van der Waals surface area contributed by atoms with Crippen LogP contribution in [0, 0.1) is 0 Å². The van der Waals surface area contributed by atoms with Crippen molar-refractivity contribution in [1.82, 2.24) is 9.88 Å². The first-order valence-corrected chi connectivity index (χ1v) is 6.01. The first kappa shape index (κ1) is 14.9. The standard InChI is InChI=1S/C13H19N3O3/c1-5-16(13(2,3)11(17)18)12(19)15(4)10-7-6-8-14-9-10/h6-9H,5H2,1-4H3,(H,17,18). The van der Waals surface area contributed by atoms with Crippen LogP contribution < -0.4 is 4.90 Å². The molecular formula is C13H19N3O3. The van der Waals surface area contributed by atoms with Gasteiger partial charge < -0.3 is 10.0 Å². The quantitative estimate of drug-likeness (QED) is 0.901. The summed E-state index contributed by atoms with van der Waals surface area (Å²) in [7, 11) is 1.60. The molecule has 6 heteroatoms. The molecule has 1 N–H and O–H groups in total. The van der Waals surface area contributed by atoms with Gasteiger partial charge in [0.2, 0.25) is 0 Å². The van der Waals surface area contributed by atoms with E-state index in [1.165, 1.54) is 23.6 Å². The fourth-order valence-corrected chi connectivity index (χ4v) is 1.73. The second kappa shape index (κ2) is 5.69. The molecule has 6 nitrogen and oxygen atoms in total. The number of carbonyl (C=O) groups is 2. The largest absolute Gasteiger partial charge is 0.480 e. The molecule has 0 aromatic carbocycles. The molecule has 0 spiro atoms. The van der Waals surface area contributed by atoms with Gasteiger partial charge in [0.1, 0.15) is 5.54 Å². The summed E-state index contributed by atoms with van der Waals surface area (Å²) < 4.78 is 0. The van der Waals surface area contributed by atoms with Gasteiger partial charge in [0.05, 0.1) is 11.9 Å². The molecule has 0 unspecified atom stereocenters. The molecule has 0 atom stereocenters. The van der Waals surface area contributed by atoms with Gasteiger partial charge in [-0.1, -0.05) is 0 Å². The van der Waals surface area contributed by atoms with Crippen molar-refractivity contribution in [2.75, 3.05) is 18.5 Å². The van der Waals surface area contributed by atoms with Gasteiger partial charge in [0.15, 0.2) is 0 Å². The number of carboxylic acid groups (broad SMARTS) is 1. The number of aliphatic carboxylic acids is 1. The van der Waals surface area contributed by atoms with E-state index in [2.05, 4.69) is 4.98 Å². The van der Waals surface area contributed by atoms with Crippen molar-refractivity contribution in [2.24, 2.45) is 0 Å². The summed E-state index contributed by atoms with van der Waals surface area (Å²) in [6.07, 6.45) is 3.17. The molecule has 0 aliphatic rings. The molecule has 104 valence electrons. The summed E-state index contributed by atoms with van der Waals surface area (Å²) >= 11 is 0. The zero-order valence-electron chi connectivity index (χ0n) is 11.6. The van der Waals surface area contributed by atoms with E-state index in [-0.39, 0.29) is 6.03 Å². The lowest BCUT2D eigenvalue weighted by molar-refractivity contribution is -0.147. The third-order valence-electron chi connectivity index (χ3n) is 3.07. The third kappa shape index (κ3) is 3.01. The van der Waals surface area contributed by atoms with Crippen LogP contribution in [0.5, 0.6) is 0 Å². The SMILES string of the molecule is CCN(C(=O)N(C)c1cccnc1)C(C)(C)C(=O)O. The minimum absolute atomic E-state index is 0.308. The summed E-state index contributed by atoms with van der Waals surface area (Å²) in [5.41, 5.74) is -0.644. The molecule has 19 heavy (non-hydrogen) atoms. The summed E-state index contributed by atoms with van der Waals surface area (Å²) in [6, 6.07) is 3.09. The van der Waals surface area contributed by atoms with Crippen molar-refractivity contribution >= 4 is 17.7 Å². The molecule has 2 amide bonds. The van der Waals surface area contributed by atoms with E-state index in [0.29, 0.717) is 12.2 Å². The van der Waals surface area contributed by atoms with Crippen LogP contribution in [0.4, 0.5) is 10.5 Å². The second-order valence-corrected chi connectivity index (χ2v) is 4.66. The van der Waals surface area contributed by atoms with Gasteiger partial charge in [-0.2, -0.15) is 0 Å². The average molecular weight is 265 g/mol. The normalized spacial score (nSPS) is 10.9. The van der Waals surface area contributed by atoms with Crippen LogP contribution in [0.25, 0.3) is 0 Å². The van der Waals surface area contributed by atoms with Crippen LogP contribution in [-0.2, 0) is 4.79 Å². The lowest BCUT2D eigenvalue weighted by Crippen LogP contribution is -2.56. The van der Waals surface area contributed by atoms with Crippen molar-refractivity contribution in [3.05, 3.63) is 24.5 Å². The fourth-order valence-electron chi connectivity index (χ4n) is 1.73. The highest BCUT2D eigenvalue weighted by Gasteiger charge is 2.38. The van der Waals surface area contributed by atoms with E-state index < -0.39 is 11.5 Å². The molecule has 0 bridgehead atoms. The molecule has 1 aromatic rings. The predicted molar refractivity (Wildman–Crippen MR) is 72.1 cm³/mol. The van der Waals surface area contributed by atoms with Gasteiger partial charge in [-0.15, -0.1) is 0 Å². The first-order chi connectivity index (χ1) is 8.82. The molecule has 0 aliphatic carbocycles. The fraction of sp³-hybridized carbons (Fsp3) is 0.462. The lowest BCUT2D eigenvalue weighted by atomic mass is 10.0. The Morgan fingerprint density at radius 3 is 2.47 bits per heavy atom. The van der Waals surface area contributed by atoms with E-state index in [9.17, 15) is 14.7 Å². The van der Waals surface area contributed by atoms with Gasteiger partial charge in [0.25, 0.3) is 0 Å². The number of pyridine rings is 1. The number of rotatable bonds is 4. The van der Waals surface area contributed by atoms with Crippen LogP contribution in [0.15, 0.2) is 24.5 Å². The maximum atomic E-state index is 12.4. The van der Waals surface area contributed by atoms with Crippen LogP contribution in [0.3, 0.4) is 0 Å². The first-order valence-electron chi connectivity index (χ1n) is 6.01. The van der Waals surface area contributed by atoms with Gasteiger partial charge >= 0.3 is 12.0 Å². The molecule has 0 radical (unpaired) electrons. The van der Waals surface area contributed by atoms with Gasteiger partial charge in [-0.25, -0.2) is 9.59 Å². The smallest absolute Gasteiger partial charge is 0.329 e. The Kier molecular flexibility index (Phi) is 4.47. The van der Waals surface area contributed by atoms with Crippen molar-refractivity contribution < 1.29 is 14.7 Å². The lowest BCUT2D eigenvalue weighted by Gasteiger charge is -2.36. The second-order valence-electron chi connectivity index (χ2n) is 4.66. The van der Waals surface area contributed by atoms with Gasteiger partial charge in [-0.3, -0.25) is 9.88 Å². The molecule has 1 heterocycles. The summed E-state index contributed by atoms with van der Waals surface area (Å²) in [5.74, 6) is -1.04. The Morgan fingerprint density at radius 2 is 2.05 bits per heavy atom. The molecule has 0 fully saturated rings. The maximum Gasteiger partial charge on any atom is 0.329 e. The van der Waals surface area contributed by atoms with E-state index in [0.717, 1.165) is 0 Å². The molecule has 0 saturated carbocycles. The number of nitrogens with zero attached hydrogens (tertiary/aromatic N) is 3. The zero-order chi connectivity index (χ0) is 14.6. The third-order valence-corrected chi connectivity index (χ3v) is 3.07. The monoisotopic (exact) mass is 265 g/mol. The Labute approximate surface area is 112 Å². The number of amides is 2. The Bertz CT molecular complexity index is 459. The Balaban J connectivity index is 3.00. The maximum absolute atomic E-state index is 12.4. The molecule has 1 aromatic heterocycles. The highest BCUT2D eigenvalue weighted by molar-refractivity contribution is 5.95. The predicted octanol–water partition coefficient (Wildman–Crippen LogP) is 1.82. The van der Waals surface area contributed by atoms with E-state index in [4.69, 9.17) is 0 Å². The number of likely N-dealkylation sites (N-methyl/N-ethyl adjacent to an activating group) is 1. The summed E-state index contributed by atoms with van der Waals surface area (Å²) in [5, 5.41) is 9.22. The van der Waals surface area contributed by atoms with Gasteiger partial charge in [0, 0.05) is 19.8 Å². The van der Waals surface area contributed by atoms with Gasteiger partial charge in [-0.05, 0) is 32.9 Å². The number of carbonyl (C=O) groups excluding carboxylic acids is 1. The summed E-state index contributed by atoms with van der Waals surface area (Å²) in [4.78, 5) is 30.3. The van der Waals surface area contributed by atoms with E-state index >= 15 is 0 Å². The van der Waals surface area contributed by atoms with Crippen molar-refractivity contribution in [2.45, 2.75) is 26.3 Å². The molecule has 0 aliphatic heterocycles. The number of urea groups is 1. The highest BCUT2D eigenvalue weighted by Crippen LogP contribution is 2.19. The number of carboxylic acids is 1. The number of hydrogen-bond acceptors (Lipinski definition) is 3. The van der Waals surface area contributed by atoms with Crippen molar-refractivity contribution in [3.8, 4) is 0 Å². The average Bonchev–Trinajstić information content (AvgIpc) is 2.39. The number of anilines is 1. The van der Waals surface area contributed by atoms with E-state index in [1.54, 1.807) is 38.5 Å². The topological polar surface area (TPSA) is 73.7 Å².